The number of rotatable bonds is 0. The first-order valence-electron chi connectivity index (χ1n) is 5.42. The third-order valence-electron chi connectivity index (χ3n) is 0.586. The van der Waals surface area contributed by atoms with E-state index in [1.54, 1.807) is 0 Å². The summed E-state index contributed by atoms with van der Waals surface area (Å²) < 4.78 is 0. The van der Waals surface area contributed by atoms with Gasteiger partial charge in [0.25, 0.3) is 0 Å². The van der Waals surface area contributed by atoms with Gasteiger partial charge in [-0.25, -0.2) is 12.2 Å². The summed E-state index contributed by atoms with van der Waals surface area (Å²) in [6.07, 6.45) is 10.0. The monoisotopic (exact) mass is 297 g/mol. The van der Waals surface area contributed by atoms with Crippen LogP contribution in [0.2, 0.25) is 0 Å². The van der Waals surface area contributed by atoms with Crippen molar-refractivity contribution in [1.82, 2.24) is 0 Å². The Balaban J connectivity index is -0.000000154. The standard InChI is InChI=1S/C5H5.2C5H11.Zr/c1-2-4-5-3-1;2*1-5(2,3)4;/h1-3H,4H2;2*1H2,2-4H3;/q3*-1;+3. The molecule has 0 heterocycles. The average molecular weight is 299 g/mol. The van der Waals surface area contributed by atoms with E-state index in [0.717, 1.165) is 6.42 Å². The minimum Gasteiger partial charge on any atom is -0.338 e. The summed E-state index contributed by atoms with van der Waals surface area (Å²) in [5, 5.41) is 0. The van der Waals surface area contributed by atoms with Crippen LogP contribution < -0.4 is 0 Å². The van der Waals surface area contributed by atoms with Crippen molar-refractivity contribution in [3.63, 3.8) is 0 Å². The maximum Gasteiger partial charge on any atom is 3.00 e. The Labute approximate surface area is 123 Å². The molecule has 0 aliphatic heterocycles. The summed E-state index contributed by atoms with van der Waals surface area (Å²) in [5.74, 6) is 0. The molecule has 1 heteroatoms. The zero-order chi connectivity index (χ0) is 12.5. The molecule has 0 spiro atoms. The van der Waals surface area contributed by atoms with Gasteiger partial charge in [-0.15, -0.1) is 6.42 Å². The van der Waals surface area contributed by atoms with E-state index in [-0.39, 0.29) is 37.0 Å². The third-order valence-corrected chi connectivity index (χ3v) is 0.586. The van der Waals surface area contributed by atoms with Crippen LogP contribution in [0.3, 0.4) is 0 Å². The molecule has 0 saturated carbocycles. The van der Waals surface area contributed by atoms with Crippen LogP contribution in [-0.4, -0.2) is 0 Å². The predicted molar refractivity (Wildman–Crippen MR) is 71.2 cm³/mol. The fourth-order valence-electron chi connectivity index (χ4n) is 0.340. The Morgan fingerprint density at radius 3 is 1.31 bits per heavy atom. The maximum absolute atomic E-state index is 3.77. The predicted octanol–water partition coefficient (Wildman–Crippen LogP) is 5.04. The molecule has 1 aliphatic carbocycles. The summed E-state index contributed by atoms with van der Waals surface area (Å²) >= 11 is 0. The van der Waals surface area contributed by atoms with Crippen LogP contribution >= 0.6 is 0 Å². The van der Waals surface area contributed by atoms with Gasteiger partial charge in [-0.3, -0.25) is 6.08 Å². The molecule has 0 nitrogen and oxygen atoms in total. The molecular formula is C15H27Zr. The summed E-state index contributed by atoms with van der Waals surface area (Å²) in [5.41, 5.74) is 0.500. The van der Waals surface area contributed by atoms with Gasteiger partial charge >= 0.3 is 26.2 Å². The molecule has 0 amide bonds. The zero-order valence-corrected chi connectivity index (χ0v) is 14.3. The quantitative estimate of drug-likeness (QED) is 0.550. The Hall–Kier alpha value is 0.363. The van der Waals surface area contributed by atoms with Gasteiger partial charge in [-0.05, 0) is 0 Å². The topological polar surface area (TPSA) is 0 Å². The second kappa shape index (κ2) is 10.5. The van der Waals surface area contributed by atoms with Crippen molar-refractivity contribution in [2.24, 2.45) is 10.8 Å². The first-order valence-corrected chi connectivity index (χ1v) is 5.42. The second-order valence-electron chi connectivity index (χ2n) is 6.12. The molecule has 91 valence electrons. The van der Waals surface area contributed by atoms with Gasteiger partial charge in [0.15, 0.2) is 0 Å². The van der Waals surface area contributed by atoms with Gasteiger partial charge in [-0.2, -0.15) is 16.9 Å². The average Bonchev–Trinajstić information content (AvgIpc) is 2.28. The second-order valence-corrected chi connectivity index (χ2v) is 6.12. The summed E-state index contributed by atoms with van der Waals surface area (Å²) in [6.45, 7) is 20.0. The van der Waals surface area contributed by atoms with Crippen LogP contribution in [0.4, 0.5) is 0 Å². The van der Waals surface area contributed by atoms with Crippen LogP contribution in [0.15, 0.2) is 18.2 Å². The normalized spacial score (nSPS) is 13.0. The molecule has 0 saturated heterocycles. The molecule has 1 rings (SSSR count). The molecule has 1 aliphatic rings. The summed E-state index contributed by atoms with van der Waals surface area (Å²) in [4.78, 5) is 0. The van der Waals surface area contributed by atoms with Crippen molar-refractivity contribution in [2.75, 3.05) is 0 Å². The van der Waals surface area contributed by atoms with Crippen LogP contribution in [-0.2, 0) is 26.2 Å². The maximum atomic E-state index is 3.77. The van der Waals surface area contributed by atoms with Crippen molar-refractivity contribution in [1.29, 1.82) is 0 Å². The number of hydrogen-bond acceptors (Lipinski definition) is 0. The molecule has 0 aromatic heterocycles. The van der Waals surface area contributed by atoms with Gasteiger partial charge in [0.2, 0.25) is 0 Å². The molecule has 0 aromatic carbocycles. The summed E-state index contributed by atoms with van der Waals surface area (Å²) in [6, 6.07) is 0. The molecule has 16 heavy (non-hydrogen) atoms. The van der Waals surface area contributed by atoms with Crippen molar-refractivity contribution >= 4 is 0 Å². The van der Waals surface area contributed by atoms with Gasteiger partial charge in [0.05, 0.1) is 0 Å². The Bertz CT molecular complexity index is 152. The van der Waals surface area contributed by atoms with E-state index in [0.29, 0.717) is 0 Å². The molecule has 0 atom stereocenters. The Morgan fingerprint density at radius 2 is 1.25 bits per heavy atom. The van der Waals surface area contributed by atoms with E-state index < -0.39 is 0 Å². The van der Waals surface area contributed by atoms with E-state index in [4.69, 9.17) is 0 Å². The van der Waals surface area contributed by atoms with Gasteiger partial charge in [-0.1, -0.05) is 41.5 Å². The van der Waals surface area contributed by atoms with E-state index in [1.807, 2.05) is 12.2 Å². The number of hydrogen-bond donors (Lipinski definition) is 0. The van der Waals surface area contributed by atoms with Crippen LogP contribution in [0.25, 0.3) is 0 Å². The number of allylic oxidation sites excluding steroid dienone is 4. The molecular weight excluding hydrogens is 271 g/mol. The Kier molecular flexibility index (Phi) is 14.2. The van der Waals surface area contributed by atoms with Crippen molar-refractivity contribution < 1.29 is 26.2 Å². The fourth-order valence-corrected chi connectivity index (χ4v) is 0.340. The largest absolute Gasteiger partial charge is 3.00 e. The molecule has 0 fully saturated rings. The van der Waals surface area contributed by atoms with E-state index in [2.05, 4.69) is 67.5 Å². The van der Waals surface area contributed by atoms with Gasteiger partial charge in [0, 0.05) is 0 Å². The van der Waals surface area contributed by atoms with Crippen molar-refractivity contribution in [3.05, 3.63) is 38.2 Å². The van der Waals surface area contributed by atoms with Gasteiger partial charge < -0.3 is 13.8 Å². The van der Waals surface area contributed by atoms with E-state index in [1.165, 1.54) is 0 Å². The molecule has 0 unspecified atom stereocenters. The van der Waals surface area contributed by atoms with Crippen LogP contribution in [0.5, 0.6) is 0 Å². The smallest absolute Gasteiger partial charge is 0.338 e. The van der Waals surface area contributed by atoms with Gasteiger partial charge in [0.1, 0.15) is 0 Å². The minimum absolute atomic E-state index is 0. The Morgan fingerprint density at radius 1 is 0.938 bits per heavy atom. The zero-order valence-electron chi connectivity index (χ0n) is 11.9. The third kappa shape index (κ3) is 89.2. The van der Waals surface area contributed by atoms with E-state index in [9.17, 15) is 0 Å². The summed E-state index contributed by atoms with van der Waals surface area (Å²) in [7, 11) is 0. The molecule has 0 N–H and O–H groups in total. The van der Waals surface area contributed by atoms with Crippen LogP contribution in [0.1, 0.15) is 48.0 Å². The van der Waals surface area contributed by atoms with E-state index >= 15 is 0 Å². The fraction of sp³-hybridized carbons (Fsp3) is 0.600. The first-order chi connectivity index (χ1) is 6.50. The van der Waals surface area contributed by atoms with Crippen molar-refractivity contribution in [3.8, 4) is 0 Å². The molecule has 0 bridgehead atoms. The minimum atomic E-state index is 0. The van der Waals surface area contributed by atoms with Crippen LogP contribution in [0, 0.1) is 30.8 Å². The molecule has 0 aromatic rings. The molecule has 1 radical (unpaired) electrons. The SMILES string of the molecule is [C-]1=CC=CC1.[CH2-]C(C)(C)C.[CH2-]C(C)(C)C.[Zr+3]. The first kappa shape index (κ1) is 21.6. The van der Waals surface area contributed by atoms with Crippen molar-refractivity contribution in [2.45, 2.75) is 48.0 Å².